The van der Waals surface area contributed by atoms with Crippen molar-refractivity contribution in [1.82, 2.24) is 19.7 Å². The topological polar surface area (TPSA) is 94.1 Å². The van der Waals surface area contributed by atoms with E-state index in [1.54, 1.807) is 41.2 Å². The van der Waals surface area contributed by atoms with Gasteiger partial charge in [0.15, 0.2) is 0 Å². The average molecular weight is 374 g/mol. The lowest BCUT2D eigenvalue weighted by Crippen LogP contribution is -2.47. The molecule has 0 aromatic carbocycles. The summed E-state index contributed by atoms with van der Waals surface area (Å²) in [5.41, 5.74) is 0.902. The van der Waals surface area contributed by atoms with Crippen molar-refractivity contribution in [3.05, 3.63) is 30.1 Å². The van der Waals surface area contributed by atoms with Gasteiger partial charge in [0.2, 0.25) is 5.91 Å². The van der Waals surface area contributed by atoms with E-state index in [2.05, 4.69) is 4.98 Å². The van der Waals surface area contributed by atoms with Gasteiger partial charge in [-0.3, -0.25) is 14.6 Å². The summed E-state index contributed by atoms with van der Waals surface area (Å²) in [7, 11) is 3.43. The maximum absolute atomic E-state index is 13.0. The second-order valence-electron chi connectivity index (χ2n) is 7.51. The summed E-state index contributed by atoms with van der Waals surface area (Å²) in [5.74, 6) is -1.84. The minimum absolute atomic E-state index is 0.00904. The first-order chi connectivity index (χ1) is 12.9. The van der Waals surface area contributed by atoms with Crippen molar-refractivity contribution >= 4 is 17.9 Å². The second kappa shape index (κ2) is 7.94. The standard InChI is InChI=1S/C19H26N4O4/c1-21(2)19(27)22-9-5-14(6-10-22)17(24)23-11-15(16(12-23)18(25)26)13-3-7-20-8-4-13/h3-4,7-8,14-16H,5-6,9-12H2,1-2H3,(H,25,26)/t15-,16+/m1/s1. The third-order valence-corrected chi connectivity index (χ3v) is 5.58. The fourth-order valence-electron chi connectivity index (χ4n) is 4.04. The van der Waals surface area contributed by atoms with Crippen molar-refractivity contribution < 1.29 is 19.5 Å². The number of carbonyl (C=O) groups excluding carboxylic acids is 2. The molecular weight excluding hydrogens is 348 g/mol. The van der Waals surface area contributed by atoms with Crippen LogP contribution in [0.15, 0.2) is 24.5 Å². The number of piperidine rings is 1. The molecule has 3 heterocycles. The number of rotatable bonds is 3. The number of pyridine rings is 1. The predicted molar refractivity (Wildman–Crippen MR) is 98.1 cm³/mol. The highest BCUT2D eigenvalue weighted by atomic mass is 16.4. The Morgan fingerprint density at radius 1 is 1.07 bits per heavy atom. The number of aromatic nitrogens is 1. The van der Waals surface area contributed by atoms with E-state index in [1.807, 2.05) is 12.1 Å². The van der Waals surface area contributed by atoms with Gasteiger partial charge in [0.1, 0.15) is 0 Å². The molecule has 3 rings (SSSR count). The summed E-state index contributed by atoms with van der Waals surface area (Å²) in [5, 5.41) is 9.60. The lowest BCUT2D eigenvalue weighted by atomic mass is 9.90. The van der Waals surface area contributed by atoms with Gasteiger partial charge in [-0.2, -0.15) is 0 Å². The van der Waals surface area contributed by atoms with Crippen molar-refractivity contribution in [3.8, 4) is 0 Å². The Morgan fingerprint density at radius 3 is 2.26 bits per heavy atom. The first-order valence-corrected chi connectivity index (χ1v) is 9.26. The molecule has 2 saturated heterocycles. The average Bonchev–Trinajstić information content (AvgIpc) is 3.13. The highest BCUT2D eigenvalue weighted by Crippen LogP contribution is 2.34. The molecule has 27 heavy (non-hydrogen) atoms. The Morgan fingerprint density at radius 2 is 1.70 bits per heavy atom. The van der Waals surface area contributed by atoms with Gasteiger partial charge < -0.3 is 19.8 Å². The lowest BCUT2D eigenvalue weighted by molar-refractivity contribution is -0.142. The number of hydrogen-bond donors (Lipinski definition) is 1. The number of urea groups is 1. The summed E-state index contributed by atoms with van der Waals surface area (Å²) in [4.78, 5) is 45.7. The number of carbonyl (C=O) groups is 3. The summed E-state index contributed by atoms with van der Waals surface area (Å²) in [6.45, 7) is 1.75. The number of amides is 3. The molecule has 0 unspecified atom stereocenters. The molecule has 3 amide bonds. The molecule has 0 aliphatic carbocycles. The van der Waals surface area contributed by atoms with Gasteiger partial charge in [0.25, 0.3) is 0 Å². The van der Waals surface area contributed by atoms with Crippen LogP contribution in [-0.2, 0) is 9.59 Å². The number of likely N-dealkylation sites (tertiary alicyclic amines) is 2. The van der Waals surface area contributed by atoms with Crippen LogP contribution in [0, 0.1) is 11.8 Å². The van der Waals surface area contributed by atoms with Gasteiger partial charge in [0, 0.05) is 64.5 Å². The van der Waals surface area contributed by atoms with Gasteiger partial charge in [-0.15, -0.1) is 0 Å². The summed E-state index contributed by atoms with van der Waals surface area (Å²) < 4.78 is 0. The maximum Gasteiger partial charge on any atom is 0.319 e. The zero-order valence-electron chi connectivity index (χ0n) is 15.7. The molecule has 1 N–H and O–H groups in total. The molecule has 1 aromatic heterocycles. The van der Waals surface area contributed by atoms with Gasteiger partial charge in [0.05, 0.1) is 5.92 Å². The minimum atomic E-state index is -0.876. The Hall–Kier alpha value is -2.64. The van der Waals surface area contributed by atoms with Crippen LogP contribution in [0.2, 0.25) is 0 Å². The van der Waals surface area contributed by atoms with E-state index in [9.17, 15) is 19.5 Å². The molecule has 2 aliphatic heterocycles. The summed E-state index contributed by atoms with van der Waals surface area (Å²) in [6.07, 6.45) is 4.53. The van der Waals surface area contributed by atoms with Crippen LogP contribution in [-0.4, -0.2) is 83.0 Å². The summed E-state index contributed by atoms with van der Waals surface area (Å²) in [6, 6.07) is 3.60. The molecule has 146 valence electrons. The van der Waals surface area contributed by atoms with Gasteiger partial charge in [-0.05, 0) is 30.5 Å². The molecule has 0 saturated carbocycles. The molecule has 2 fully saturated rings. The molecular formula is C19H26N4O4. The van der Waals surface area contributed by atoms with Crippen LogP contribution >= 0.6 is 0 Å². The molecule has 8 nitrogen and oxygen atoms in total. The molecule has 1 aromatic rings. The molecule has 0 bridgehead atoms. The highest BCUT2D eigenvalue weighted by Gasteiger charge is 2.42. The van der Waals surface area contributed by atoms with Crippen LogP contribution in [0.25, 0.3) is 0 Å². The van der Waals surface area contributed by atoms with Crippen molar-refractivity contribution in [3.63, 3.8) is 0 Å². The predicted octanol–water partition coefficient (Wildman–Crippen LogP) is 1.10. The van der Waals surface area contributed by atoms with E-state index >= 15 is 0 Å². The smallest absolute Gasteiger partial charge is 0.319 e. The Labute approximate surface area is 158 Å². The fraction of sp³-hybridized carbons (Fsp3) is 0.579. The van der Waals surface area contributed by atoms with E-state index < -0.39 is 11.9 Å². The van der Waals surface area contributed by atoms with E-state index in [0.29, 0.717) is 32.5 Å². The Kier molecular flexibility index (Phi) is 5.62. The highest BCUT2D eigenvalue weighted by molar-refractivity contribution is 5.82. The van der Waals surface area contributed by atoms with Gasteiger partial charge in [-0.25, -0.2) is 4.79 Å². The zero-order chi connectivity index (χ0) is 19.6. The number of nitrogens with zero attached hydrogens (tertiary/aromatic N) is 4. The van der Waals surface area contributed by atoms with Crippen molar-refractivity contribution in [2.75, 3.05) is 40.3 Å². The fourth-order valence-corrected chi connectivity index (χ4v) is 4.04. The van der Waals surface area contributed by atoms with Crippen molar-refractivity contribution in [2.24, 2.45) is 11.8 Å². The Bertz CT molecular complexity index is 701. The summed E-state index contributed by atoms with van der Waals surface area (Å²) >= 11 is 0. The minimum Gasteiger partial charge on any atom is -0.481 e. The Balaban J connectivity index is 1.64. The van der Waals surface area contributed by atoms with E-state index in [4.69, 9.17) is 0 Å². The molecule has 2 aliphatic rings. The quantitative estimate of drug-likeness (QED) is 0.855. The number of hydrogen-bond acceptors (Lipinski definition) is 4. The molecule has 0 spiro atoms. The number of aliphatic carboxylic acids is 1. The lowest BCUT2D eigenvalue weighted by Gasteiger charge is -2.34. The monoisotopic (exact) mass is 374 g/mol. The SMILES string of the molecule is CN(C)C(=O)N1CCC(C(=O)N2C[C@H](C(=O)O)[C@@H](c3ccncc3)C2)CC1. The third-order valence-electron chi connectivity index (χ3n) is 5.58. The zero-order valence-corrected chi connectivity index (χ0v) is 15.7. The van der Waals surface area contributed by atoms with Crippen LogP contribution < -0.4 is 0 Å². The number of carboxylic acids is 1. The van der Waals surface area contributed by atoms with Crippen LogP contribution in [0.4, 0.5) is 4.79 Å². The second-order valence-corrected chi connectivity index (χ2v) is 7.51. The third kappa shape index (κ3) is 4.04. The number of carboxylic acid groups (broad SMARTS) is 1. The van der Waals surface area contributed by atoms with E-state index in [-0.39, 0.29) is 30.3 Å². The first kappa shape index (κ1) is 19.1. The van der Waals surface area contributed by atoms with Crippen molar-refractivity contribution in [1.29, 1.82) is 0 Å². The van der Waals surface area contributed by atoms with Gasteiger partial charge in [-0.1, -0.05) is 0 Å². The van der Waals surface area contributed by atoms with Crippen LogP contribution in [0.3, 0.4) is 0 Å². The first-order valence-electron chi connectivity index (χ1n) is 9.26. The normalized spacial score (nSPS) is 23.3. The molecule has 8 heteroatoms. The van der Waals surface area contributed by atoms with E-state index in [0.717, 1.165) is 5.56 Å². The van der Waals surface area contributed by atoms with Crippen LogP contribution in [0.5, 0.6) is 0 Å². The van der Waals surface area contributed by atoms with E-state index in [1.165, 1.54) is 0 Å². The molecule has 0 radical (unpaired) electrons. The largest absolute Gasteiger partial charge is 0.481 e. The maximum atomic E-state index is 13.0. The van der Waals surface area contributed by atoms with Crippen LogP contribution in [0.1, 0.15) is 24.3 Å². The van der Waals surface area contributed by atoms with Crippen molar-refractivity contribution in [2.45, 2.75) is 18.8 Å². The van der Waals surface area contributed by atoms with Gasteiger partial charge >= 0.3 is 12.0 Å². The molecule has 2 atom stereocenters.